The standard InChI is InChI=1S/C11H17N3O2S.2ClH/c15-11(5-10-6-12-3-4-16-10)13-2-1-9-7-17-8-14-9;;/h7-8,10,12H,1-6H2,(H,13,15);2*1H. The summed E-state index contributed by atoms with van der Waals surface area (Å²) < 4.78 is 5.47. The van der Waals surface area contributed by atoms with Crippen LogP contribution in [0.1, 0.15) is 12.1 Å². The molecule has 0 aromatic carbocycles. The Morgan fingerprint density at radius 2 is 2.42 bits per heavy atom. The first-order valence-electron chi connectivity index (χ1n) is 5.80. The van der Waals surface area contributed by atoms with Gasteiger partial charge in [0, 0.05) is 31.4 Å². The summed E-state index contributed by atoms with van der Waals surface area (Å²) in [6.07, 6.45) is 1.24. The van der Waals surface area contributed by atoms with Crippen LogP contribution in [0.15, 0.2) is 10.9 Å². The molecular formula is C11H19Cl2N3O2S. The molecule has 2 N–H and O–H groups in total. The second-order valence-electron chi connectivity index (χ2n) is 3.98. The molecule has 0 spiro atoms. The number of hydrogen-bond donors (Lipinski definition) is 2. The summed E-state index contributed by atoms with van der Waals surface area (Å²) in [4.78, 5) is 15.8. The van der Waals surface area contributed by atoms with Gasteiger partial charge in [0.15, 0.2) is 0 Å². The Bertz CT molecular complexity index is 346. The SMILES string of the molecule is Cl.Cl.O=C(CC1CNCCO1)NCCc1cscn1. The molecule has 1 fully saturated rings. The van der Waals surface area contributed by atoms with Gasteiger partial charge in [-0.25, -0.2) is 4.98 Å². The molecule has 1 aromatic rings. The van der Waals surface area contributed by atoms with Crippen molar-refractivity contribution in [3.63, 3.8) is 0 Å². The van der Waals surface area contributed by atoms with Gasteiger partial charge in [-0.2, -0.15) is 0 Å². The van der Waals surface area contributed by atoms with Crippen molar-refractivity contribution in [1.82, 2.24) is 15.6 Å². The summed E-state index contributed by atoms with van der Waals surface area (Å²) in [5.74, 6) is 0.0499. The zero-order valence-electron chi connectivity index (χ0n) is 10.5. The van der Waals surface area contributed by atoms with Crippen molar-refractivity contribution in [2.45, 2.75) is 18.9 Å². The third kappa shape index (κ3) is 7.08. The summed E-state index contributed by atoms with van der Waals surface area (Å²) in [5, 5.41) is 8.09. The number of amides is 1. The van der Waals surface area contributed by atoms with E-state index in [1.165, 1.54) is 0 Å². The number of morpholine rings is 1. The number of hydrogen-bond acceptors (Lipinski definition) is 5. The van der Waals surface area contributed by atoms with Crippen molar-refractivity contribution in [1.29, 1.82) is 0 Å². The zero-order chi connectivity index (χ0) is 11.9. The summed E-state index contributed by atoms with van der Waals surface area (Å²) >= 11 is 1.57. The molecule has 1 aromatic heterocycles. The minimum atomic E-state index is 0. The summed E-state index contributed by atoms with van der Waals surface area (Å²) in [7, 11) is 0. The first kappa shape index (κ1) is 18.6. The van der Waals surface area contributed by atoms with Gasteiger partial charge in [0.25, 0.3) is 0 Å². The lowest BCUT2D eigenvalue weighted by atomic mass is 10.2. The Morgan fingerprint density at radius 3 is 3.05 bits per heavy atom. The van der Waals surface area contributed by atoms with E-state index in [4.69, 9.17) is 4.74 Å². The molecule has 0 radical (unpaired) electrons. The van der Waals surface area contributed by atoms with Crippen molar-refractivity contribution >= 4 is 42.1 Å². The fourth-order valence-corrected chi connectivity index (χ4v) is 2.31. The molecule has 110 valence electrons. The van der Waals surface area contributed by atoms with Crippen LogP contribution in [0, 0.1) is 0 Å². The highest BCUT2D eigenvalue weighted by molar-refractivity contribution is 7.07. The zero-order valence-corrected chi connectivity index (χ0v) is 12.9. The monoisotopic (exact) mass is 327 g/mol. The number of aromatic nitrogens is 1. The summed E-state index contributed by atoms with van der Waals surface area (Å²) in [6.45, 7) is 2.97. The highest BCUT2D eigenvalue weighted by Crippen LogP contribution is 2.02. The average molecular weight is 328 g/mol. The maximum atomic E-state index is 11.6. The Hall–Kier alpha value is -0.400. The first-order valence-corrected chi connectivity index (χ1v) is 6.75. The second-order valence-corrected chi connectivity index (χ2v) is 4.70. The predicted octanol–water partition coefficient (Wildman–Crippen LogP) is 1.02. The first-order chi connectivity index (χ1) is 8.34. The summed E-state index contributed by atoms with van der Waals surface area (Å²) in [5.41, 5.74) is 2.84. The van der Waals surface area contributed by atoms with E-state index in [-0.39, 0.29) is 36.8 Å². The lowest BCUT2D eigenvalue weighted by Gasteiger charge is -2.22. The molecule has 5 nitrogen and oxygen atoms in total. The number of thiazole rings is 1. The molecule has 1 saturated heterocycles. The Labute approximate surface area is 129 Å². The maximum Gasteiger partial charge on any atom is 0.222 e. The average Bonchev–Trinajstić information content (AvgIpc) is 2.83. The van der Waals surface area contributed by atoms with E-state index in [0.29, 0.717) is 19.6 Å². The van der Waals surface area contributed by atoms with Crippen LogP contribution in [0.25, 0.3) is 0 Å². The Balaban J connectivity index is 0.00000162. The van der Waals surface area contributed by atoms with Gasteiger partial charge in [0.2, 0.25) is 5.91 Å². The molecule has 1 unspecified atom stereocenters. The second kappa shape index (κ2) is 10.4. The summed E-state index contributed by atoms with van der Waals surface area (Å²) in [6, 6.07) is 0. The molecule has 0 aliphatic carbocycles. The fourth-order valence-electron chi connectivity index (χ4n) is 1.72. The third-order valence-electron chi connectivity index (χ3n) is 2.60. The predicted molar refractivity (Wildman–Crippen MR) is 80.6 cm³/mol. The van der Waals surface area contributed by atoms with Crippen molar-refractivity contribution in [2.75, 3.05) is 26.2 Å². The van der Waals surface area contributed by atoms with Gasteiger partial charge in [0.05, 0.1) is 30.3 Å². The van der Waals surface area contributed by atoms with Crippen molar-refractivity contribution in [3.05, 3.63) is 16.6 Å². The lowest BCUT2D eigenvalue weighted by Crippen LogP contribution is -2.41. The number of halogens is 2. The van der Waals surface area contributed by atoms with Crippen LogP contribution in [0.5, 0.6) is 0 Å². The number of carbonyl (C=O) groups is 1. The number of carbonyl (C=O) groups excluding carboxylic acids is 1. The number of rotatable bonds is 5. The van der Waals surface area contributed by atoms with E-state index in [2.05, 4.69) is 15.6 Å². The van der Waals surface area contributed by atoms with E-state index in [0.717, 1.165) is 25.2 Å². The van der Waals surface area contributed by atoms with Crippen LogP contribution in [0.2, 0.25) is 0 Å². The Kier molecular flexibility index (Phi) is 10.2. The maximum absolute atomic E-state index is 11.6. The minimum Gasteiger partial charge on any atom is -0.375 e. The molecule has 0 saturated carbocycles. The van der Waals surface area contributed by atoms with Gasteiger partial charge >= 0.3 is 0 Å². The van der Waals surface area contributed by atoms with Crippen LogP contribution in [0.3, 0.4) is 0 Å². The van der Waals surface area contributed by atoms with Crippen LogP contribution in [-0.4, -0.2) is 43.2 Å². The molecule has 1 atom stereocenters. The normalized spacial score (nSPS) is 18.0. The van der Waals surface area contributed by atoms with Crippen LogP contribution in [-0.2, 0) is 16.0 Å². The van der Waals surface area contributed by atoms with E-state index in [1.54, 1.807) is 16.8 Å². The van der Waals surface area contributed by atoms with E-state index in [1.807, 2.05) is 5.38 Å². The molecule has 19 heavy (non-hydrogen) atoms. The topological polar surface area (TPSA) is 63.2 Å². The molecule has 1 amide bonds. The van der Waals surface area contributed by atoms with Gasteiger partial charge in [-0.3, -0.25) is 4.79 Å². The van der Waals surface area contributed by atoms with Gasteiger partial charge in [-0.15, -0.1) is 36.2 Å². The van der Waals surface area contributed by atoms with Gasteiger partial charge in [-0.05, 0) is 0 Å². The number of nitrogens with one attached hydrogen (secondary N) is 2. The van der Waals surface area contributed by atoms with Crippen LogP contribution < -0.4 is 10.6 Å². The highest BCUT2D eigenvalue weighted by Gasteiger charge is 2.16. The van der Waals surface area contributed by atoms with Crippen LogP contribution >= 0.6 is 36.2 Å². The van der Waals surface area contributed by atoms with Gasteiger partial charge < -0.3 is 15.4 Å². The molecular weight excluding hydrogens is 309 g/mol. The largest absolute Gasteiger partial charge is 0.375 e. The van der Waals surface area contributed by atoms with Crippen molar-refractivity contribution < 1.29 is 9.53 Å². The van der Waals surface area contributed by atoms with Crippen molar-refractivity contribution in [3.8, 4) is 0 Å². The number of ether oxygens (including phenoxy) is 1. The lowest BCUT2D eigenvalue weighted by molar-refractivity contribution is -0.124. The fraction of sp³-hybridized carbons (Fsp3) is 0.636. The molecule has 1 aliphatic rings. The molecule has 8 heteroatoms. The molecule has 1 aliphatic heterocycles. The van der Waals surface area contributed by atoms with Gasteiger partial charge in [0.1, 0.15) is 0 Å². The van der Waals surface area contributed by atoms with E-state index < -0.39 is 0 Å². The smallest absolute Gasteiger partial charge is 0.222 e. The molecule has 2 rings (SSSR count). The van der Waals surface area contributed by atoms with Crippen LogP contribution in [0.4, 0.5) is 0 Å². The number of nitrogens with zero attached hydrogens (tertiary/aromatic N) is 1. The molecule has 0 bridgehead atoms. The minimum absolute atomic E-state index is 0. The van der Waals surface area contributed by atoms with Crippen molar-refractivity contribution in [2.24, 2.45) is 0 Å². The van der Waals surface area contributed by atoms with E-state index >= 15 is 0 Å². The van der Waals surface area contributed by atoms with E-state index in [9.17, 15) is 4.79 Å². The van der Waals surface area contributed by atoms with Gasteiger partial charge in [-0.1, -0.05) is 0 Å². The molecule has 2 heterocycles. The highest BCUT2D eigenvalue weighted by atomic mass is 35.5. The quantitative estimate of drug-likeness (QED) is 0.847. The third-order valence-corrected chi connectivity index (χ3v) is 3.24. The Morgan fingerprint density at radius 1 is 1.58 bits per heavy atom.